The highest BCUT2D eigenvalue weighted by atomic mass is 16.7. The first-order chi connectivity index (χ1) is 14.3. The summed E-state index contributed by atoms with van der Waals surface area (Å²) in [7, 11) is 0. The van der Waals surface area contributed by atoms with E-state index in [0.29, 0.717) is 26.0 Å². The second-order valence-electron chi connectivity index (χ2n) is 8.25. The standard InChI is InChI=1S/C22H31N3O5/c1-5-17-20-18(25(15(4)26)21(17)27)11-12-24(20)30-22(28)19(14(2)3)23-29-13-16-9-7-6-8-10-16/h6-10,14,17-20,23H,5,11-13H2,1-4H3/t17-,18+,19+,20-/m1/s1. The monoisotopic (exact) mass is 417 g/mol. The van der Waals surface area contributed by atoms with Crippen LogP contribution < -0.4 is 5.48 Å². The Morgan fingerprint density at radius 1 is 1.23 bits per heavy atom. The average Bonchev–Trinajstić information content (AvgIpc) is 3.22. The van der Waals surface area contributed by atoms with E-state index in [4.69, 9.17) is 9.68 Å². The largest absolute Gasteiger partial charge is 0.366 e. The van der Waals surface area contributed by atoms with Gasteiger partial charge in [0.15, 0.2) is 0 Å². The first-order valence-corrected chi connectivity index (χ1v) is 10.6. The second kappa shape index (κ2) is 9.68. The van der Waals surface area contributed by atoms with Crippen LogP contribution >= 0.6 is 0 Å². The molecule has 0 spiro atoms. The molecule has 0 saturated carbocycles. The molecule has 2 fully saturated rings. The predicted octanol–water partition coefficient (Wildman–Crippen LogP) is 2.05. The van der Waals surface area contributed by atoms with Gasteiger partial charge < -0.3 is 4.84 Å². The zero-order chi connectivity index (χ0) is 21.8. The van der Waals surface area contributed by atoms with Gasteiger partial charge in [-0.25, -0.2) is 4.79 Å². The zero-order valence-electron chi connectivity index (χ0n) is 18.0. The van der Waals surface area contributed by atoms with Crippen molar-refractivity contribution in [2.45, 2.75) is 65.3 Å². The minimum Gasteiger partial charge on any atom is -0.366 e. The van der Waals surface area contributed by atoms with Crippen LogP contribution in [0.2, 0.25) is 0 Å². The number of likely N-dealkylation sites (tertiary alicyclic amines) is 1. The molecule has 4 atom stereocenters. The lowest BCUT2D eigenvalue weighted by Gasteiger charge is -2.28. The summed E-state index contributed by atoms with van der Waals surface area (Å²) in [6.07, 6.45) is 1.19. The van der Waals surface area contributed by atoms with Crippen molar-refractivity contribution in [1.82, 2.24) is 15.4 Å². The number of hydrogen-bond donors (Lipinski definition) is 1. The predicted molar refractivity (Wildman–Crippen MR) is 109 cm³/mol. The third-order valence-corrected chi connectivity index (χ3v) is 5.87. The molecule has 164 valence electrons. The lowest BCUT2D eigenvalue weighted by atomic mass is 9.97. The first kappa shape index (κ1) is 22.4. The van der Waals surface area contributed by atoms with Crippen LogP contribution in [0, 0.1) is 11.8 Å². The SMILES string of the molecule is CC[C@H]1C(=O)N(C(C)=O)[C@H]2CCN(OC(=O)[C@@H](NOCc3ccccc3)C(C)C)[C@H]12. The second-order valence-corrected chi connectivity index (χ2v) is 8.25. The summed E-state index contributed by atoms with van der Waals surface area (Å²) in [4.78, 5) is 50.1. The maximum atomic E-state index is 12.9. The van der Waals surface area contributed by atoms with E-state index < -0.39 is 12.0 Å². The molecule has 2 saturated heterocycles. The van der Waals surface area contributed by atoms with Gasteiger partial charge in [-0.3, -0.25) is 19.3 Å². The van der Waals surface area contributed by atoms with Gasteiger partial charge in [-0.05, 0) is 24.3 Å². The number of carbonyl (C=O) groups excluding carboxylic acids is 3. The van der Waals surface area contributed by atoms with Crippen molar-refractivity contribution in [3.8, 4) is 0 Å². The van der Waals surface area contributed by atoms with Crippen LogP contribution in [0.3, 0.4) is 0 Å². The molecule has 1 aromatic rings. The molecule has 1 aromatic carbocycles. The highest BCUT2D eigenvalue weighted by molar-refractivity contribution is 5.98. The molecule has 0 bridgehead atoms. The Kier molecular flexibility index (Phi) is 7.23. The number of amides is 2. The molecule has 2 aliphatic rings. The van der Waals surface area contributed by atoms with Crippen molar-refractivity contribution in [3.05, 3.63) is 35.9 Å². The minimum atomic E-state index is -0.658. The number of hydroxylamine groups is 3. The Bertz CT molecular complexity index is 769. The molecular weight excluding hydrogens is 386 g/mol. The van der Waals surface area contributed by atoms with Crippen molar-refractivity contribution in [1.29, 1.82) is 0 Å². The smallest absolute Gasteiger partial charge is 0.344 e. The topological polar surface area (TPSA) is 88.2 Å². The Morgan fingerprint density at radius 3 is 2.53 bits per heavy atom. The molecule has 8 heteroatoms. The Morgan fingerprint density at radius 2 is 1.93 bits per heavy atom. The molecule has 2 amide bonds. The van der Waals surface area contributed by atoms with Crippen LogP contribution in [0.5, 0.6) is 0 Å². The number of hydrogen-bond acceptors (Lipinski definition) is 7. The maximum absolute atomic E-state index is 12.9. The maximum Gasteiger partial charge on any atom is 0.344 e. The van der Waals surface area contributed by atoms with Crippen molar-refractivity contribution in [2.24, 2.45) is 11.8 Å². The van der Waals surface area contributed by atoms with E-state index in [1.165, 1.54) is 11.8 Å². The summed E-state index contributed by atoms with van der Waals surface area (Å²) in [6.45, 7) is 7.95. The Hall–Kier alpha value is -2.29. The molecule has 1 N–H and O–H groups in total. The van der Waals surface area contributed by atoms with Crippen LogP contribution in [-0.2, 0) is 30.7 Å². The van der Waals surface area contributed by atoms with Crippen molar-refractivity contribution in [3.63, 3.8) is 0 Å². The molecule has 3 rings (SSSR count). The van der Waals surface area contributed by atoms with Crippen molar-refractivity contribution < 1.29 is 24.1 Å². The van der Waals surface area contributed by atoms with Crippen LogP contribution in [0.15, 0.2) is 30.3 Å². The molecular formula is C22H31N3O5. The molecule has 30 heavy (non-hydrogen) atoms. The number of nitrogens with zero attached hydrogens (tertiary/aromatic N) is 2. The van der Waals surface area contributed by atoms with Gasteiger partial charge >= 0.3 is 5.97 Å². The highest BCUT2D eigenvalue weighted by Crippen LogP contribution is 2.38. The van der Waals surface area contributed by atoms with Gasteiger partial charge in [0.1, 0.15) is 6.04 Å². The van der Waals surface area contributed by atoms with Gasteiger partial charge in [0.05, 0.1) is 24.6 Å². The zero-order valence-corrected chi connectivity index (χ0v) is 18.0. The number of rotatable bonds is 8. The van der Waals surface area contributed by atoms with Crippen LogP contribution in [0.25, 0.3) is 0 Å². The summed E-state index contributed by atoms with van der Waals surface area (Å²) in [6, 6.07) is 8.46. The molecule has 2 aliphatic heterocycles. The van der Waals surface area contributed by atoms with Gasteiger partial charge in [0.25, 0.3) is 0 Å². The quantitative estimate of drug-likeness (QED) is 0.648. The van der Waals surface area contributed by atoms with Gasteiger partial charge in [-0.15, -0.1) is 5.06 Å². The van der Waals surface area contributed by atoms with Gasteiger partial charge in [0.2, 0.25) is 11.8 Å². The van der Waals surface area contributed by atoms with Gasteiger partial charge in [-0.1, -0.05) is 51.1 Å². The molecule has 0 radical (unpaired) electrons. The third kappa shape index (κ3) is 4.55. The fraction of sp³-hybridized carbons (Fsp3) is 0.591. The number of imide groups is 1. The summed E-state index contributed by atoms with van der Waals surface area (Å²) in [5.41, 5.74) is 3.82. The van der Waals surface area contributed by atoms with E-state index in [2.05, 4.69) is 5.48 Å². The number of nitrogens with one attached hydrogen (secondary N) is 1. The fourth-order valence-electron chi connectivity index (χ4n) is 4.34. The van der Waals surface area contributed by atoms with Crippen molar-refractivity contribution >= 4 is 17.8 Å². The van der Waals surface area contributed by atoms with Gasteiger partial charge in [0, 0.05) is 13.5 Å². The lowest BCUT2D eigenvalue weighted by Crippen LogP contribution is -2.47. The van der Waals surface area contributed by atoms with Crippen LogP contribution in [0.1, 0.15) is 46.1 Å². The molecule has 0 aromatic heterocycles. The molecule has 0 unspecified atom stereocenters. The minimum absolute atomic E-state index is 0.0624. The number of carbonyl (C=O) groups is 3. The molecule has 0 aliphatic carbocycles. The van der Waals surface area contributed by atoms with E-state index in [0.717, 1.165) is 5.56 Å². The summed E-state index contributed by atoms with van der Waals surface area (Å²) in [5.74, 6) is -1.30. The summed E-state index contributed by atoms with van der Waals surface area (Å²) < 4.78 is 0. The Balaban J connectivity index is 1.63. The number of benzene rings is 1. The summed E-state index contributed by atoms with van der Waals surface area (Å²) in [5, 5.41) is 1.59. The average molecular weight is 418 g/mol. The van der Waals surface area contributed by atoms with E-state index in [9.17, 15) is 14.4 Å². The van der Waals surface area contributed by atoms with Gasteiger partial charge in [-0.2, -0.15) is 5.48 Å². The van der Waals surface area contributed by atoms with Crippen LogP contribution in [0.4, 0.5) is 0 Å². The normalized spacial score (nSPS) is 24.9. The third-order valence-electron chi connectivity index (χ3n) is 5.87. The van der Waals surface area contributed by atoms with E-state index in [1.807, 2.05) is 51.1 Å². The lowest BCUT2D eigenvalue weighted by molar-refractivity contribution is -0.206. The highest BCUT2D eigenvalue weighted by Gasteiger charge is 2.55. The fourth-order valence-corrected chi connectivity index (χ4v) is 4.34. The van der Waals surface area contributed by atoms with E-state index >= 15 is 0 Å². The Labute approximate surface area is 177 Å². The number of fused-ring (bicyclic) bond motifs is 1. The summed E-state index contributed by atoms with van der Waals surface area (Å²) >= 11 is 0. The van der Waals surface area contributed by atoms with Crippen LogP contribution in [-0.4, -0.2) is 52.4 Å². The first-order valence-electron chi connectivity index (χ1n) is 10.6. The van der Waals surface area contributed by atoms with Crippen molar-refractivity contribution in [2.75, 3.05) is 6.54 Å². The molecule has 8 nitrogen and oxygen atoms in total. The van der Waals surface area contributed by atoms with E-state index in [-0.39, 0.29) is 35.7 Å². The molecule has 2 heterocycles. The van der Waals surface area contributed by atoms with E-state index in [1.54, 1.807) is 5.06 Å².